The molecule has 2 N–H and O–H groups in total. The largest absolute Gasteiger partial charge is 0.543 e. The molecule has 0 amide bonds. The monoisotopic (exact) mass is 540 g/mol. The average molecular weight is 541 g/mol. The zero-order valence-corrected chi connectivity index (χ0v) is 23.7. The summed E-state index contributed by atoms with van der Waals surface area (Å²) in [6, 6.07) is 0. The fourth-order valence-electron chi connectivity index (χ4n) is 3.00. The van der Waals surface area contributed by atoms with Crippen LogP contribution in [0.2, 0.25) is 0 Å². The molecule has 0 unspecified atom stereocenters. The molecule has 216 valence electrons. The van der Waals surface area contributed by atoms with E-state index in [-0.39, 0.29) is 0 Å². The first-order valence-electron chi connectivity index (χ1n) is 12.4. The molecule has 0 aliphatic carbocycles. The van der Waals surface area contributed by atoms with E-state index in [4.69, 9.17) is 39.6 Å². The minimum absolute atomic E-state index is 0.722. The van der Waals surface area contributed by atoms with Gasteiger partial charge in [-0.05, 0) is 23.7 Å². The fourth-order valence-corrected chi connectivity index (χ4v) is 3.00. The third-order valence-electron chi connectivity index (χ3n) is 4.15. The average Bonchev–Trinajstić information content (AvgIpc) is 3.36. The van der Waals surface area contributed by atoms with Gasteiger partial charge in [0.2, 0.25) is 12.7 Å². The quantitative estimate of drug-likeness (QED) is 0.343. The van der Waals surface area contributed by atoms with Crippen LogP contribution in [0.3, 0.4) is 0 Å². The second-order valence-corrected chi connectivity index (χ2v) is 10.4. The topological polar surface area (TPSA) is 172 Å². The predicted octanol–water partition coefficient (Wildman–Crippen LogP) is -0.183. The summed E-state index contributed by atoms with van der Waals surface area (Å²) in [7, 11) is 0. The summed E-state index contributed by atoms with van der Waals surface area (Å²) in [5, 5.41) is 32.6. The van der Waals surface area contributed by atoms with Gasteiger partial charge in [-0.3, -0.25) is 0 Å². The summed E-state index contributed by atoms with van der Waals surface area (Å²) in [6.07, 6.45) is 13.0. The zero-order chi connectivity index (χ0) is 30.0. The van der Waals surface area contributed by atoms with Crippen molar-refractivity contribution in [3.8, 4) is 0 Å². The number of hydrogen-bond donors (Lipinski definition) is 2. The Hall–Kier alpha value is -3.70. The van der Waals surface area contributed by atoms with Crippen LogP contribution in [-0.2, 0) is 45.4 Å². The van der Waals surface area contributed by atoms with E-state index >= 15 is 0 Å². The van der Waals surface area contributed by atoms with Crippen LogP contribution in [0.4, 0.5) is 0 Å². The third kappa shape index (κ3) is 21.6. The van der Waals surface area contributed by atoms with E-state index in [0.29, 0.717) is 0 Å². The molecule has 0 saturated heterocycles. The van der Waals surface area contributed by atoms with Crippen molar-refractivity contribution in [3.05, 3.63) is 37.4 Å². The van der Waals surface area contributed by atoms with Crippen LogP contribution >= 0.6 is 0 Å². The number of carboxylic acids is 4. The van der Waals surface area contributed by atoms with Crippen LogP contribution in [0.25, 0.3) is 0 Å². The summed E-state index contributed by atoms with van der Waals surface area (Å²) in [6.45, 7) is 22.4. The van der Waals surface area contributed by atoms with Gasteiger partial charge in [0.1, 0.15) is 24.8 Å². The van der Waals surface area contributed by atoms with Crippen LogP contribution in [0.15, 0.2) is 37.4 Å². The van der Waals surface area contributed by atoms with Crippen molar-refractivity contribution >= 4 is 23.9 Å². The van der Waals surface area contributed by atoms with Gasteiger partial charge in [0.25, 0.3) is 0 Å². The molecular formula is C26H44N4O8. The Morgan fingerprint density at radius 2 is 0.921 bits per heavy atom. The SMILES string of the molecule is CC(C)Cn1cc[n+](CC(C)C)c1.CC(C)Cn1cc[n+](CC(C)C)c1.O=C(O)C(=O)O.O=C([O-])C(=O)[O-]. The van der Waals surface area contributed by atoms with Gasteiger partial charge in [-0.25, -0.2) is 27.9 Å². The molecule has 38 heavy (non-hydrogen) atoms. The number of carbonyl (C=O) groups is 4. The Labute approximate surface area is 224 Å². The molecule has 0 bridgehead atoms. The Morgan fingerprint density at radius 3 is 1.11 bits per heavy atom. The van der Waals surface area contributed by atoms with E-state index in [2.05, 4.69) is 111 Å². The lowest BCUT2D eigenvalue weighted by molar-refractivity contribution is -0.702. The van der Waals surface area contributed by atoms with Crippen LogP contribution in [0.5, 0.6) is 0 Å². The lowest BCUT2D eigenvalue weighted by Gasteiger charge is -2.00. The molecule has 2 rings (SSSR count). The molecular weight excluding hydrogens is 496 g/mol. The Morgan fingerprint density at radius 1 is 0.632 bits per heavy atom. The maximum absolute atomic E-state index is 9.10. The van der Waals surface area contributed by atoms with Gasteiger partial charge >= 0.3 is 11.9 Å². The van der Waals surface area contributed by atoms with Gasteiger partial charge in [0.15, 0.2) is 0 Å². The smallest absolute Gasteiger partial charge is 0.414 e. The second kappa shape index (κ2) is 19.4. The van der Waals surface area contributed by atoms with E-state index < -0.39 is 23.9 Å². The predicted molar refractivity (Wildman–Crippen MR) is 134 cm³/mol. The number of rotatable bonds is 8. The number of hydrogen-bond acceptors (Lipinski definition) is 6. The van der Waals surface area contributed by atoms with Crippen LogP contribution in [-0.4, -0.2) is 43.2 Å². The lowest BCUT2D eigenvalue weighted by Crippen LogP contribution is -2.42. The highest BCUT2D eigenvalue weighted by Gasteiger charge is 2.07. The van der Waals surface area contributed by atoms with E-state index in [1.54, 1.807) is 0 Å². The van der Waals surface area contributed by atoms with Crippen LogP contribution in [0.1, 0.15) is 55.4 Å². The number of nitrogens with zero attached hydrogens (tertiary/aromatic N) is 4. The molecule has 0 radical (unpaired) electrons. The molecule has 0 aliphatic heterocycles. The minimum Gasteiger partial charge on any atom is -0.543 e. The Balaban J connectivity index is 0. The summed E-state index contributed by atoms with van der Waals surface area (Å²) in [5.41, 5.74) is 0. The Bertz CT molecular complexity index is 826. The zero-order valence-electron chi connectivity index (χ0n) is 23.7. The van der Waals surface area contributed by atoms with Crippen molar-refractivity contribution in [2.24, 2.45) is 23.7 Å². The molecule has 0 saturated carbocycles. The molecule has 0 aliphatic rings. The van der Waals surface area contributed by atoms with Crippen molar-refractivity contribution in [1.82, 2.24) is 9.13 Å². The molecule has 2 aromatic heterocycles. The first kappa shape index (κ1) is 36.5. The fraction of sp³-hybridized carbons (Fsp3) is 0.615. The second-order valence-electron chi connectivity index (χ2n) is 10.4. The molecule has 0 spiro atoms. The highest BCUT2D eigenvalue weighted by Crippen LogP contribution is 1.99. The molecule has 12 nitrogen and oxygen atoms in total. The standard InChI is InChI=1S/2C11H21N2.2C2H2O4/c2*1-10(2)7-12-5-6-13(9-12)8-11(3)4;2*3-1(4)2(5)6/h2*5-6,9-11H,7-8H2,1-4H3;2*(H,3,4)(H,5,6)/q2*+1;;/p-2. The maximum atomic E-state index is 9.10. The van der Waals surface area contributed by atoms with Crippen molar-refractivity contribution in [2.75, 3.05) is 0 Å². The number of imidazole rings is 2. The first-order chi connectivity index (χ1) is 17.4. The van der Waals surface area contributed by atoms with Gasteiger partial charge in [0, 0.05) is 0 Å². The number of aliphatic carboxylic acids is 4. The first-order valence-corrected chi connectivity index (χ1v) is 12.4. The molecule has 0 atom stereocenters. The summed E-state index contributed by atoms with van der Waals surface area (Å²) >= 11 is 0. The number of aromatic nitrogens is 4. The van der Waals surface area contributed by atoms with Crippen molar-refractivity contribution in [1.29, 1.82) is 0 Å². The molecule has 12 heteroatoms. The van der Waals surface area contributed by atoms with E-state index in [9.17, 15) is 0 Å². The van der Waals surface area contributed by atoms with Gasteiger partial charge in [0.05, 0.1) is 38.1 Å². The third-order valence-corrected chi connectivity index (χ3v) is 4.15. The number of carboxylic acid groups (broad SMARTS) is 4. The van der Waals surface area contributed by atoms with Crippen LogP contribution < -0.4 is 19.3 Å². The van der Waals surface area contributed by atoms with Crippen molar-refractivity contribution in [3.63, 3.8) is 0 Å². The van der Waals surface area contributed by atoms with Crippen molar-refractivity contribution < 1.29 is 48.7 Å². The van der Waals surface area contributed by atoms with Gasteiger partial charge in [-0.1, -0.05) is 55.4 Å². The van der Waals surface area contributed by atoms with E-state index in [1.165, 1.54) is 0 Å². The molecule has 2 heterocycles. The van der Waals surface area contributed by atoms with Crippen molar-refractivity contribution in [2.45, 2.75) is 81.6 Å². The molecule has 0 aromatic carbocycles. The maximum Gasteiger partial charge on any atom is 0.414 e. The highest BCUT2D eigenvalue weighted by molar-refractivity contribution is 6.27. The number of carbonyl (C=O) groups excluding carboxylic acids is 2. The normalized spacial score (nSPS) is 10.2. The Kier molecular flexibility index (Phi) is 18.6. The van der Waals surface area contributed by atoms with E-state index in [0.717, 1.165) is 49.9 Å². The lowest BCUT2D eigenvalue weighted by atomic mass is 10.2. The summed E-state index contributed by atoms with van der Waals surface area (Å²) in [4.78, 5) is 36.1. The minimum atomic E-state index is -2.19. The van der Waals surface area contributed by atoms with Crippen LogP contribution in [0, 0.1) is 23.7 Å². The van der Waals surface area contributed by atoms with Gasteiger partial charge in [-0.15, -0.1) is 0 Å². The van der Waals surface area contributed by atoms with Gasteiger partial charge < -0.3 is 30.0 Å². The molecule has 0 fully saturated rings. The van der Waals surface area contributed by atoms with Gasteiger partial charge in [-0.2, -0.15) is 0 Å². The highest BCUT2D eigenvalue weighted by atomic mass is 16.4. The molecule has 2 aromatic rings. The van der Waals surface area contributed by atoms with E-state index in [1.807, 2.05) is 0 Å². The summed E-state index contributed by atoms with van der Waals surface area (Å²) in [5.74, 6) is -5.13. The summed E-state index contributed by atoms with van der Waals surface area (Å²) < 4.78 is 9.03.